The van der Waals surface area contributed by atoms with Gasteiger partial charge >= 0.3 is 5.97 Å². The van der Waals surface area contributed by atoms with E-state index in [0.29, 0.717) is 0 Å². The molecule has 0 aliphatic rings. The number of hydrogen-bond acceptors (Lipinski definition) is 5. The predicted molar refractivity (Wildman–Crippen MR) is 76.1 cm³/mol. The van der Waals surface area contributed by atoms with Gasteiger partial charge < -0.3 is 20.7 Å². The van der Waals surface area contributed by atoms with E-state index in [-0.39, 0.29) is 22.6 Å². The van der Waals surface area contributed by atoms with E-state index in [4.69, 9.17) is 15.9 Å². The van der Waals surface area contributed by atoms with Gasteiger partial charge in [0.2, 0.25) is 0 Å². The van der Waals surface area contributed by atoms with Crippen molar-refractivity contribution in [3.8, 4) is 11.5 Å². The second-order valence-electron chi connectivity index (χ2n) is 3.89. The highest BCUT2D eigenvalue weighted by atomic mass is 16.5. The summed E-state index contributed by atoms with van der Waals surface area (Å²) < 4.78 is 4.42. The molecule has 1 amide bonds. The maximum atomic E-state index is 10.9. The molecule has 4 N–H and O–H groups in total. The van der Waals surface area contributed by atoms with Crippen LogP contribution in [0, 0.1) is 0 Å². The summed E-state index contributed by atoms with van der Waals surface area (Å²) in [5.41, 5.74) is 5.26. The molecule has 6 heteroatoms. The van der Waals surface area contributed by atoms with Crippen LogP contribution in [0.25, 0.3) is 0 Å². The van der Waals surface area contributed by atoms with E-state index in [1.54, 1.807) is 24.3 Å². The molecule has 0 fully saturated rings. The standard InChI is InChI=1S/C8H8O3.C7H7NO2/c1-11-8(10)6-4-2-3-5-7(6)9;8-7(10)5-3-1-2-4-6(5)9/h2-5,9H,1H3;1-4,9H,(H2,8,10). The molecular weight excluding hydrogens is 274 g/mol. The first-order valence-corrected chi connectivity index (χ1v) is 5.91. The number of phenols is 2. The largest absolute Gasteiger partial charge is 0.507 e. The molecule has 0 spiro atoms. The molecule has 0 atom stereocenters. The van der Waals surface area contributed by atoms with Crippen LogP contribution in [0.5, 0.6) is 11.5 Å². The Bertz CT molecular complexity index is 639. The van der Waals surface area contributed by atoms with E-state index in [1.165, 1.54) is 31.4 Å². The summed E-state index contributed by atoms with van der Waals surface area (Å²) in [5, 5.41) is 18.1. The Morgan fingerprint density at radius 2 is 1.33 bits per heavy atom. The second kappa shape index (κ2) is 7.54. The smallest absolute Gasteiger partial charge is 0.341 e. The van der Waals surface area contributed by atoms with Crippen molar-refractivity contribution in [2.45, 2.75) is 0 Å². The van der Waals surface area contributed by atoms with Crippen molar-refractivity contribution in [3.63, 3.8) is 0 Å². The first kappa shape index (κ1) is 16.0. The maximum Gasteiger partial charge on any atom is 0.341 e. The number of para-hydroxylation sites is 2. The van der Waals surface area contributed by atoms with Gasteiger partial charge in [0.25, 0.3) is 5.91 Å². The number of esters is 1. The molecule has 2 aromatic rings. The van der Waals surface area contributed by atoms with Gasteiger partial charge in [0.1, 0.15) is 17.1 Å². The average molecular weight is 289 g/mol. The van der Waals surface area contributed by atoms with Gasteiger partial charge in [-0.25, -0.2) is 4.79 Å². The Balaban J connectivity index is 0.000000211. The number of primary amides is 1. The molecule has 0 saturated carbocycles. The Morgan fingerprint density at radius 1 is 0.905 bits per heavy atom. The summed E-state index contributed by atoms with van der Waals surface area (Å²) in [6, 6.07) is 12.4. The molecule has 0 aliphatic heterocycles. The molecule has 110 valence electrons. The van der Waals surface area contributed by atoms with E-state index in [0.717, 1.165) is 0 Å². The minimum absolute atomic E-state index is 0.0562. The summed E-state index contributed by atoms with van der Waals surface area (Å²) in [7, 11) is 1.27. The van der Waals surface area contributed by atoms with Gasteiger partial charge in [-0.1, -0.05) is 24.3 Å². The lowest BCUT2D eigenvalue weighted by Gasteiger charge is -1.99. The number of aromatic hydroxyl groups is 2. The van der Waals surface area contributed by atoms with Gasteiger partial charge in [0, 0.05) is 0 Å². The third kappa shape index (κ3) is 4.54. The van der Waals surface area contributed by atoms with Crippen LogP contribution in [-0.2, 0) is 4.74 Å². The Hall–Kier alpha value is -3.02. The van der Waals surface area contributed by atoms with Crippen molar-refractivity contribution in [2.24, 2.45) is 5.73 Å². The van der Waals surface area contributed by atoms with Gasteiger partial charge in [-0.05, 0) is 24.3 Å². The number of benzene rings is 2. The van der Waals surface area contributed by atoms with Crippen molar-refractivity contribution >= 4 is 11.9 Å². The molecule has 0 radical (unpaired) electrons. The molecule has 0 unspecified atom stereocenters. The van der Waals surface area contributed by atoms with Gasteiger partial charge in [-0.2, -0.15) is 0 Å². The lowest BCUT2D eigenvalue weighted by atomic mass is 10.2. The van der Waals surface area contributed by atoms with E-state index < -0.39 is 11.9 Å². The van der Waals surface area contributed by atoms with Crippen LogP contribution < -0.4 is 5.73 Å². The Morgan fingerprint density at radius 3 is 1.67 bits per heavy atom. The number of hydrogen-bond donors (Lipinski definition) is 3. The molecule has 0 aromatic heterocycles. The van der Waals surface area contributed by atoms with E-state index in [2.05, 4.69) is 4.74 Å². The number of phenolic OH excluding ortho intramolecular Hbond substituents is 1. The number of ether oxygens (including phenoxy) is 1. The normalized spacial score (nSPS) is 9.19. The average Bonchev–Trinajstić information content (AvgIpc) is 2.48. The summed E-state index contributed by atoms with van der Waals surface area (Å²) in [6.45, 7) is 0. The number of rotatable bonds is 2. The van der Waals surface area contributed by atoms with Crippen LogP contribution >= 0.6 is 0 Å². The molecule has 0 aliphatic carbocycles. The zero-order valence-corrected chi connectivity index (χ0v) is 11.3. The van der Waals surface area contributed by atoms with Crippen molar-refractivity contribution in [1.82, 2.24) is 0 Å². The molecule has 6 nitrogen and oxygen atoms in total. The molecule has 2 rings (SSSR count). The fourth-order valence-electron chi connectivity index (χ4n) is 1.44. The molecule has 21 heavy (non-hydrogen) atoms. The van der Waals surface area contributed by atoms with Crippen LogP contribution in [0.1, 0.15) is 20.7 Å². The van der Waals surface area contributed by atoms with E-state index >= 15 is 0 Å². The topological polar surface area (TPSA) is 110 Å². The van der Waals surface area contributed by atoms with Crippen molar-refractivity contribution in [3.05, 3.63) is 59.7 Å². The number of methoxy groups -OCH3 is 1. The second-order valence-corrected chi connectivity index (χ2v) is 3.89. The summed E-state index contributed by atoms with van der Waals surface area (Å²) in [4.78, 5) is 21.3. The quantitative estimate of drug-likeness (QED) is 0.728. The molecule has 0 saturated heterocycles. The summed E-state index contributed by atoms with van der Waals surface area (Å²) in [5.74, 6) is -1.27. The van der Waals surface area contributed by atoms with Crippen molar-refractivity contribution < 1.29 is 24.5 Å². The third-order valence-electron chi connectivity index (χ3n) is 2.48. The zero-order chi connectivity index (χ0) is 15.8. The first-order chi connectivity index (χ1) is 9.97. The molecule has 0 bridgehead atoms. The first-order valence-electron chi connectivity index (χ1n) is 5.91. The van der Waals surface area contributed by atoms with Crippen LogP contribution in [0.3, 0.4) is 0 Å². The van der Waals surface area contributed by atoms with Crippen molar-refractivity contribution in [2.75, 3.05) is 7.11 Å². The lowest BCUT2D eigenvalue weighted by molar-refractivity contribution is 0.0597. The summed E-state index contributed by atoms with van der Waals surface area (Å²) >= 11 is 0. The highest BCUT2D eigenvalue weighted by molar-refractivity contribution is 5.95. The SMILES string of the molecule is COC(=O)c1ccccc1O.NC(=O)c1ccccc1O. The van der Waals surface area contributed by atoms with Crippen LogP contribution in [0.4, 0.5) is 0 Å². The van der Waals surface area contributed by atoms with Crippen molar-refractivity contribution in [1.29, 1.82) is 0 Å². The molecular formula is C15H15NO5. The van der Waals surface area contributed by atoms with Crippen LogP contribution in [-0.4, -0.2) is 29.2 Å². The molecule has 2 aromatic carbocycles. The number of amides is 1. The van der Waals surface area contributed by atoms with Gasteiger partial charge in [0.05, 0.1) is 12.7 Å². The minimum Gasteiger partial charge on any atom is -0.507 e. The van der Waals surface area contributed by atoms with Gasteiger partial charge in [-0.15, -0.1) is 0 Å². The fourth-order valence-corrected chi connectivity index (χ4v) is 1.44. The summed E-state index contributed by atoms with van der Waals surface area (Å²) in [6.07, 6.45) is 0. The van der Waals surface area contributed by atoms with Crippen LogP contribution in [0.2, 0.25) is 0 Å². The molecule has 0 heterocycles. The van der Waals surface area contributed by atoms with E-state index in [1.807, 2.05) is 0 Å². The highest BCUT2D eigenvalue weighted by Crippen LogP contribution is 2.15. The third-order valence-corrected chi connectivity index (χ3v) is 2.48. The van der Waals surface area contributed by atoms with Gasteiger partial charge in [-0.3, -0.25) is 4.79 Å². The number of carbonyl (C=O) groups is 2. The Labute approximate surface area is 121 Å². The van der Waals surface area contributed by atoms with Gasteiger partial charge in [0.15, 0.2) is 0 Å². The maximum absolute atomic E-state index is 10.9. The fraction of sp³-hybridized carbons (Fsp3) is 0.0667. The predicted octanol–water partition coefficient (Wildman–Crippen LogP) is 1.67. The van der Waals surface area contributed by atoms with E-state index in [9.17, 15) is 9.59 Å². The minimum atomic E-state index is -0.613. The van der Waals surface area contributed by atoms with Crippen LogP contribution in [0.15, 0.2) is 48.5 Å². The zero-order valence-electron chi connectivity index (χ0n) is 11.3. The lowest BCUT2D eigenvalue weighted by Crippen LogP contribution is -2.10. The Kier molecular flexibility index (Phi) is 5.76. The highest BCUT2D eigenvalue weighted by Gasteiger charge is 2.08. The monoisotopic (exact) mass is 289 g/mol. The number of nitrogens with two attached hydrogens (primary N) is 1. The number of carbonyl (C=O) groups excluding carboxylic acids is 2.